The first-order valence-corrected chi connectivity index (χ1v) is 7.13. The highest BCUT2D eigenvalue weighted by Crippen LogP contribution is 2.07. The van der Waals surface area contributed by atoms with Crippen LogP contribution in [0.25, 0.3) is 0 Å². The van der Waals surface area contributed by atoms with Crippen molar-refractivity contribution in [3.63, 3.8) is 0 Å². The molecular weight excluding hydrogens is 236 g/mol. The van der Waals surface area contributed by atoms with E-state index in [1.165, 1.54) is 11.1 Å². The van der Waals surface area contributed by atoms with Crippen LogP contribution in [0.3, 0.4) is 0 Å². The van der Waals surface area contributed by atoms with Gasteiger partial charge in [0.2, 0.25) is 5.91 Å². The van der Waals surface area contributed by atoms with Gasteiger partial charge in [0.1, 0.15) is 0 Å². The van der Waals surface area contributed by atoms with Crippen LogP contribution in [0.15, 0.2) is 24.3 Å². The molecule has 0 aliphatic carbocycles. The molecule has 0 fully saturated rings. The average Bonchev–Trinajstić information content (AvgIpc) is 2.41. The lowest BCUT2D eigenvalue weighted by Gasteiger charge is -2.22. The van der Waals surface area contributed by atoms with Crippen molar-refractivity contribution in [1.82, 2.24) is 10.2 Å². The summed E-state index contributed by atoms with van der Waals surface area (Å²) in [6.45, 7) is 10.2. The molecule has 0 radical (unpaired) electrons. The number of amides is 1. The van der Waals surface area contributed by atoms with Crippen LogP contribution in [0.1, 0.15) is 38.3 Å². The second-order valence-electron chi connectivity index (χ2n) is 5.09. The minimum atomic E-state index is 0.171. The van der Waals surface area contributed by atoms with Gasteiger partial charge in [-0.3, -0.25) is 4.79 Å². The zero-order valence-electron chi connectivity index (χ0n) is 12.6. The van der Waals surface area contributed by atoms with Gasteiger partial charge in [-0.05, 0) is 32.8 Å². The van der Waals surface area contributed by atoms with E-state index in [-0.39, 0.29) is 5.91 Å². The van der Waals surface area contributed by atoms with E-state index in [1.807, 2.05) is 17.9 Å². The second kappa shape index (κ2) is 7.95. The van der Waals surface area contributed by atoms with E-state index in [0.29, 0.717) is 19.1 Å². The van der Waals surface area contributed by atoms with Crippen LogP contribution in [0.5, 0.6) is 0 Å². The number of rotatable bonds is 7. The monoisotopic (exact) mass is 262 g/mol. The molecule has 19 heavy (non-hydrogen) atoms. The number of hydrogen-bond acceptors (Lipinski definition) is 2. The maximum atomic E-state index is 12.1. The van der Waals surface area contributed by atoms with Crippen molar-refractivity contribution >= 4 is 5.91 Å². The molecule has 1 aromatic carbocycles. The van der Waals surface area contributed by atoms with Gasteiger partial charge < -0.3 is 10.2 Å². The predicted molar refractivity (Wildman–Crippen MR) is 80.0 cm³/mol. The lowest BCUT2D eigenvalue weighted by Crippen LogP contribution is -2.40. The predicted octanol–water partition coefficient (Wildman–Crippen LogP) is 2.73. The summed E-state index contributed by atoms with van der Waals surface area (Å²) >= 11 is 0. The Morgan fingerprint density at radius 1 is 1.37 bits per heavy atom. The number of nitrogens with one attached hydrogen (secondary N) is 1. The first-order chi connectivity index (χ1) is 9.06. The maximum Gasteiger partial charge on any atom is 0.236 e. The quantitative estimate of drug-likeness (QED) is 0.819. The third-order valence-electron chi connectivity index (χ3n) is 3.40. The molecule has 3 heteroatoms. The molecule has 0 heterocycles. The summed E-state index contributed by atoms with van der Waals surface area (Å²) in [5.41, 5.74) is 2.43. The molecule has 106 valence electrons. The molecule has 1 rings (SSSR count). The maximum absolute atomic E-state index is 12.1. The molecule has 0 saturated carbocycles. The molecule has 1 N–H and O–H groups in total. The fourth-order valence-corrected chi connectivity index (χ4v) is 1.92. The smallest absolute Gasteiger partial charge is 0.236 e. The Morgan fingerprint density at radius 3 is 2.68 bits per heavy atom. The van der Waals surface area contributed by atoms with Crippen molar-refractivity contribution in [3.8, 4) is 0 Å². The Kier molecular flexibility index (Phi) is 6.57. The molecule has 0 spiro atoms. The average molecular weight is 262 g/mol. The molecule has 1 aromatic rings. The Balaban J connectivity index is 2.55. The minimum absolute atomic E-state index is 0.171. The number of likely N-dealkylation sites (N-methyl/N-ethyl adjacent to an activating group) is 1. The van der Waals surface area contributed by atoms with Crippen LogP contribution in [0.4, 0.5) is 0 Å². The zero-order chi connectivity index (χ0) is 14.3. The molecule has 0 aliphatic heterocycles. The summed E-state index contributed by atoms with van der Waals surface area (Å²) in [4.78, 5) is 14.0. The highest BCUT2D eigenvalue weighted by atomic mass is 16.2. The topological polar surface area (TPSA) is 32.3 Å². The molecule has 0 aromatic heterocycles. The van der Waals surface area contributed by atoms with Gasteiger partial charge in [-0.2, -0.15) is 0 Å². The zero-order valence-corrected chi connectivity index (χ0v) is 12.6. The van der Waals surface area contributed by atoms with Gasteiger partial charge in [-0.1, -0.05) is 36.8 Å². The Morgan fingerprint density at radius 2 is 2.11 bits per heavy atom. The Labute approximate surface area is 117 Å². The number of benzene rings is 1. The molecule has 1 atom stereocenters. The summed E-state index contributed by atoms with van der Waals surface area (Å²) in [7, 11) is 0. The van der Waals surface area contributed by atoms with Crippen LogP contribution in [-0.2, 0) is 11.3 Å². The van der Waals surface area contributed by atoms with Gasteiger partial charge in [0.05, 0.1) is 6.54 Å². The molecule has 0 saturated heterocycles. The molecule has 0 bridgehead atoms. The summed E-state index contributed by atoms with van der Waals surface area (Å²) in [6, 6.07) is 8.72. The van der Waals surface area contributed by atoms with Crippen molar-refractivity contribution < 1.29 is 4.79 Å². The number of nitrogens with zero attached hydrogens (tertiary/aromatic N) is 1. The molecule has 1 amide bonds. The molecule has 3 nitrogen and oxygen atoms in total. The van der Waals surface area contributed by atoms with Gasteiger partial charge in [0.25, 0.3) is 0 Å². The first kappa shape index (κ1) is 15.7. The van der Waals surface area contributed by atoms with Gasteiger partial charge in [0.15, 0.2) is 0 Å². The van der Waals surface area contributed by atoms with E-state index in [2.05, 4.69) is 44.3 Å². The highest BCUT2D eigenvalue weighted by molar-refractivity contribution is 5.78. The Hall–Kier alpha value is -1.35. The molecule has 0 aliphatic rings. The van der Waals surface area contributed by atoms with E-state index in [0.717, 1.165) is 13.0 Å². The van der Waals surface area contributed by atoms with Crippen LogP contribution < -0.4 is 5.32 Å². The number of aryl methyl sites for hydroxylation is 1. The van der Waals surface area contributed by atoms with Crippen molar-refractivity contribution in [2.75, 3.05) is 13.1 Å². The summed E-state index contributed by atoms with van der Waals surface area (Å²) in [5.74, 6) is 0.171. The van der Waals surface area contributed by atoms with E-state index < -0.39 is 0 Å². The fraction of sp³-hybridized carbons (Fsp3) is 0.562. The summed E-state index contributed by atoms with van der Waals surface area (Å²) < 4.78 is 0. The number of carbonyl (C=O) groups is 1. The fourth-order valence-electron chi connectivity index (χ4n) is 1.92. The molecular formula is C16H26N2O. The van der Waals surface area contributed by atoms with Gasteiger partial charge >= 0.3 is 0 Å². The van der Waals surface area contributed by atoms with E-state index in [1.54, 1.807) is 0 Å². The third kappa shape index (κ3) is 5.43. The largest absolute Gasteiger partial charge is 0.338 e. The van der Waals surface area contributed by atoms with Gasteiger partial charge in [-0.15, -0.1) is 0 Å². The van der Waals surface area contributed by atoms with E-state index in [4.69, 9.17) is 0 Å². The van der Waals surface area contributed by atoms with Gasteiger partial charge in [-0.25, -0.2) is 0 Å². The van der Waals surface area contributed by atoms with Crippen molar-refractivity contribution in [1.29, 1.82) is 0 Å². The normalized spacial score (nSPS) is 12.2. The highest BCUT2D eigenvalue weighted by Gasteiger charge is 2.12. The summed E-state index contributed by atoms with van der Waals surface area (Å²) in [5, 5.41) is 3.25. The standard InChI is InChI=1S/C16H26N2O/c1-5-14(4)17-11-16(19)18(6-2)12-15-9-7-8-13(3)10-15/h7-10,14,17H,5-6,11-12H2,1-4H3. The van der Waals surface area contributed by atoms with Crippen LogP contribution in [-0.4, -0.2) is 29.9 Å². The van der Waals surface area contributed by atoms with E-state index >= 15 is 0 Å². The minimum Gasteiger partial charge on any atom is -0.338 e. The first-order valence-electron chi connectivity index (χ1n) is 7.13. The summed E-state index contributed by atoms with van der Waals surface area (Å²) in [6.07, 6.45) is 1.04. The Bertz CT molecular complexity index is 403. The van der Waals surface area contributed by atoms with Crippen molar-refractivity contribution in [2.45, 2.75) is 46.7 Å². The lowest BCUT2D eigenvalue weighted by molar-refractivity contribution is -0.130. The van der Waals surface area contributed by atoms with E-state index in [9.17, 15) is 4.79 Å². The second-order valence-corrected chi connectivity index (χ2v) is 5.09. The van der Waals surface area contributed by atoms with Crippen LogP contribution in [0, 0.1) is 6.92 Å². The van der Waals surface area contributed by atoms with Crippen molar-refractivity contribution in [3.05, 3.63) is 35.4 Å². The van der Waals surface area contributed by atoms with Crippen molar-refractivity contribution in [2.24, 2.45) is 0 Å². The number of hydrogen-bond donors (Lipinski definition) is 1. The molecule has 1 unspecified atom stereocenters. The number of carbonyl (C=O) groups excluding carboxylic acids is 1. The third-order valence-corrected chi connectivity index (χ3v) is 3.40. The van der Waals surface area contributed by atoms with Crippen LogP contribution in [0.2, 0.25) is 0 Å². The van der Waals surface area contributed by atoms with Crippen LogP contribution >= 0.6 is 0 Å². The SMILES string of the molecule is CCC(C)NCC(=O)N(CC)Cc1cccc(C)c1. The lowest BCUT2D eigenvalue weighted by atomic mass is 10.1. The van der Waals surface area contributed by atoms with Gasteiger partial charge in [0, 0.05) is 19.1 Å².